The van der Waals surface area contributed by atoms with Gasteiger partial charge in [-0.1, -0.05) is 0 Å². The molecular formula is C31H44N3Na9O46S7. The molecule has 25 atom stereocenters. The largest absolute Gasteiger partial charge is 1.00 e. The minimum absolute atomic E-state index is 0. The van der Waals surface area contributed by atoms with Gasteiger partial charge in [-0.3, -0.25) is 21.8 Å². The molecule has 5 aliphatic heterocycles. The average molecular weight is 1630 g/mol. The number of ether oxygens (including phenoxy) is 10. The number of rotatable bonds is 30. The van der Waals surface area contributed by atoms with E-state index in [1.54, 1.807) is 0 Å². The van der Waals surface area contributed by atoms with Gasteiger partial charge in [0.05, 0.1) is 31.8 Å². The molecule has 0 aromatic heterocycles. The maximum Gasteiger partial charge on any atom is 1.00 e. The van der Waals surface area contributed by atoms with Gasteiger partial charge in [0.1, 0.15) is 122 Å². The second kappa shape index (κ2) is 47.9. The van der Waals surface area contributed by atoms with E-state index in [2.05, 4.69) is 21.9 Å². The van der Waals surface area contributed by atoms with E-state index in [4.69, 9.17) is 51.6 Å². The van der Waals surface area contributed by atoms with Crippen LogP contribution in [0.15, 0.2) is 0 Å². The first-order chi connectivity index (χ1) is 39.8. The SMILES string of the molecule is CO[C@@H]1OC(COS(=O)(=O)[O-])[C@H](O[C@@H]2OC(C(=O)[O-])[C@H](O[C@@H]3OC(COS(=O)(=O)[O-])[C@H](O[C@@H]4OC(C(=O)[O-])[C@H](O[C@@H]5OC(COS(=O)(=O)[O-])[C@H](O)[C@H](O)C5NS(=O)(=O)[O-])[C@H](O)C4O)[C@H](OSOO[O-])C3NS(=O)(=O)[O-])[C@@H](O)C2O)[C@H](O)C1NS(=O)(=O)[O-].[Na+].[Na+].[Na+].[Na+].[Na+].[Na+].[Na+].[Na+].[Na+]. The van der Waals surface area contributed by atoms with E-state index in [1.165, 1.54) is 9.44 Å². The van der Waals surface area contributed by atoms with Crippen LogP contribution in [0.2, 0.25) is 0 Å². The van der Waals surface area contributed by atoms with Crippen LogP contribution in [-0.4, -0.2) is 306 Å². The Bertz CT molecular complexity index is 3060. The van der Waals surface area contributed by atoms with Crippen molar-refractivity contribution in [1.29, 1.82) is 0 Å². The summed E-state index contributed by atoms with van der Waals surface area (Å²) in [5, 5.41) is 117. The van der Waals surface area contributed by atoms with Crippen molar-refractivity contribution >= 4 is 86.4 Å². The van der Waals surface area contributed by atoms with E-state index in [0.717, 1.165) is 11.8 Å². The first-order valence-corrected chi connectivity index (χ1v) is 31.6. The fourth-order valence-corrected chi connectivity index (χ4v) is 11.7. The number of hydrogen-bond acceptors (Lipinski definition) is 47. The molecule has 0 aliphatic carbocycles. The summed E-state index contributed by atoms with van der Waals surface area (Å²) in [6.45, 7) is -4.93. The Kier molecular flexibility index (Phi) is 55.5. The van der Waals surface area contributed by atoms with Crippen LogP contribution in [0.5, 0.6) is 0 Å². The van der Waals surface area contributed by atoms with Gasteiger partial charge in [0.25, 0.3) is 0 Å². The van der Waals surface area contributed by atoms with Crippen molar-refractivity contribution < 1.29 is 478 Å². The molecule has 0 spiro atoms. The standard InChI is InChI=1S/C31H53N3O46S7.9Na/c1-65-27-9(33-83(50,51)52)13(37)18(6(70-27)3-67-86(59,60)61)72-30-16(40)14(38)22(24(76-30)26(44)45)75-29-10(34-84(53,54)55)20(78-81-80-79-46)19(7(71-29)4-68-87(62,63)64)73-31-17(41)15(39)21(23(77-31)25(42)43)74-28-8(32-82(47,48)49)12(36)11(35)5(69-28)2-66-85(56,57)58;;;;;;;;;/h5-24,27-41,46H,2-4H2,1H3,(H,42,43)(H,44,45)(H,47,48,49)(H,50,51,52)(H,53,54,55)(H,56,57,58)(H,59,60,61)(H,62,63,64);;;;;;;;;/q;9*+1/p-9/t5?,6?,7?,8?,9?,10?,11-,12+,13+,14-,15+,16?,17?,18-,19-,20+,21+,22+,23?,24?,27+,28-,29-,30+,31+;;;;;;;;;/m0........./s1. The van der Waals surface area contributed by atoms with Gasteiger partial charge < -0.3 is 135 Å². The Balaban J connectivity index is -0.00000307. The average Bonchev–Trinajstić information content (AvgIpc) is 0.770. The number of hydrogen-bond donors (Lipinski definition) is 10. The smallest absolute Gasteiger partial charge is 0.735 e. The summed E-state index contributed by atoms with van der Waals surface area (Å²) in [6, 6.07) is -7.82. The topological polar surface area (TPSA) is 772 Å². The first-order valence-electron chi connectivity index (χ1n) is 22.7. The summed E-state index contributed by atoms with van der Waals surface area (Å²) in [7, 11) is -34.2. The zero-order valence-corrected chi connectivity index (χ0v) is 74.7. The van der Waals surface area contributed by atoms with Crippen molar-refractivity contribution in [2.75, 3.05) is 26.9 Å². The second-order valence-electron chi connectivity index (χ2n) is 17.8. The predicted molar refractivity (Wildman–Crippen MR) is 233 cm³/mol. The number of aliphatic hydroxyl groups excluding tert-OH is 7. The first kappa shape index (κ1) is 111. The van der Waals surface area contributed by atoms with Crippen LogP contribution < -0.4 is 296 Å². The zero-order valence-electron chi connectivity index (χ0n) is 51.0. The third-order valence-electron chi connectivity index (χ3n) is 12.1. The van der Waals surface area contributed by atoms with E-state index in [-0.39, 0.29) is 266 Å². The van der Waals surface area contributed by atoms with E-state index in [9.17, 15) is 139 Å². The summed E-state index contributed by atoms with van der Waals surface area (Å²) in [4.78, 5) is 25.4. The number of nitrogens with one attached hydrogen (secondary N) is 3. The molecule has 0 aromatic carbocycles. The van der Waals surface area contributed by atoms with Gasteiger partial charge >= 0.3 is 266 Å². The van der Waals surface area contributed by atoms with Gasteiger partial charge in [0, 0.05) is 7.11 Å². The quantitative estimate of drug-likeness (QED) is 0.00607. The van der Waals surface area contributed by atoms with Crippen molar-refractivity contribution in [3.8, 4) is 0 Å². The van der Waals surface area contributed by atoms with Crippen LogP contribution in [0.3, 0.4) is 0 Å². The Labute approximate surface area is 746 Å². The number of carbonyl (C=O) groups is 2. The van der Waals surface area contributed by atoms with Gasteiger partial charge in [-0.25, -0.2) is 64.7 Å². The molecule has 5 rings (SSSR count). The van der Waals surface area contributed by atoms with Crippen LogP contribution >= 0.6 is 12.3 Å². The van der Waals surface area contributed by atoms with Gasteiger partial charge in [0.2, 0.25) is 31.2 Å². The van der Waals surface area contributed by atoms with Crippen LogP contribution in [0.4, 0.5) is 0 Å². The van der Waals surface area contributed by atoms with Crippen molar-refractivity contribution in [3.63, 3.8) is 0 Å². The van der Waals surface area contributed by atoms with Crippen molar-refractivity contribution in [3.05, 3.63) is 0 Å². The van der Waals surface area contributed by atoms with Gasteiger partial charge in [-0.15, -0.1) is 4.33 Å². The third kappa shape index (κ3) is 34.3. The molecule has 49 nitrogen and oxygen atoms in total. The van der Waals surface area contributed by atoms with Crippen LogP contribution in [0.1, 0.15) is 0 Å². The molecule has 5 saturated heterocycles. The molecule has 0 aromatic rings. The summed E-state index contributed by atoms with van der Waals surface area (Å²) in [6.07, 6.45) is -60.3. The third-order valence-corrected chi connectivity index (χ3v) is 15.5. The van der Waals surface area contributed by atoms with Crippen LogP contribution in [0.25, 0.3) is 0 Å². The zero-order chi connectivity index (χ0) is 65.9. The molecule has 510 valence electrons. The maximum atomic E-state index is 12.7. The normalized spacial score (nSPS) is 35.8. The van der Waals surface area contributed by atoms with Gasteiger partial charge in [-0.2, -0.15) is 0 Å². The Morgan fingerprint density at radius 3 is 1.09 bits per heavy atom. The minimum atomic E-state index is -6.16. The molecule has 5 aliphatic rings. The van der Waals surface area contributed by atoms with Crippen LogP contribution in [0, 0.1) is 0 Å². The monoisotopic (exact) mass is 1620 g/mol. The fraction of sp³-hybridized carbons (Fsp3) is 0.935. The number of carboxylic acids is 2. The predicted octanol–water partition coefficient (Wildman–Crippen LogP) is -45.3. The summed E-state index contributed by atoms with van der Waals surface area (Å²) < 4.78 is 288. The number of aliphatic hydroxyl groups is 7. The Hall–Kier alpha value is 6.67. The number of carboxylic acid groups (broad SMARTS) is 2. The van der Waals surface area contributed by atoms with Crippen molar-refractivity contribution in [2.45, 2.75) is 153 Å². The van der Waals surface area contributed by atoms with Gasteiger partial charge in [0.15, 0.2) is 74.7 Å². The molecule has 0 bridgehead atoms. The van der Waals surface area contributed by atoms with Crippen molar-refractivity contribution in [2.24, 2.45) is 0 Å². The second-order valence-corrected chi connectivity index (χ2v) is 24.9. The molecule has 0 saturated carbocycles. The molecule has 5 heterocycles. The fourth-order valence-electron chi connectivity index (χ4n) is 8.64. The van der Waals surface area contributed by atoms with Gasteiger partial charge in [-0.05, 0) is 0 Å². The van der Waals surface area contributed by atoms with E-state index in [1.807, 2.05) is 0 Å². The molecule has 5 fully saturated rings. The molecular weight excluding hydrogens is 1580 g/mol. The van der Waals surface area contributed by atoms with E-state index < -0.39 is 260 Å². The molecule has 0 amide bonds. The van der Waals surface area contributed by atoms with E-state index >= 15 is 0 Å². The summed E-state index contributed by atoms with van der Waals surface area (Å²) >= 11 is -0.734. The molecule has 0 radical (unpaired) electrons. The number of methoxy groups -OCH3 is 1. The summed E-state index contributed by atoms with van der Waals surface area (Å²) in [5.41, 5.74) is 0. The molecule has 65 heteroatoms. The molecule has 96 heavy (non-hydrogen) atoms. The summed E-state index contributed by atoms with van der Waals surface area (Å²) in [5.74, 6) is -5.18. The Morgan fingerprint density at radius 2 is 0.729 bits per heavy atom. The Morgan fingerprint density at radius 1 is 0.406 bits per heavy atom. The number of aliphatic carboxylic acids is 2. The minimum Gasteiger partial charge on any atom is -0.735 e. The van der Waals surface area contributed by atoms with E-state index in [0.29, 0.717) is 0 Å². The maximum absolute atomic E-state index is 12.7. The van der Waals surface area contributed by atoms with Crippen molar-refractivity contribution in [1.82, 2.24) is 14.2 Å². The molecule has 10 unspecified atom stereocenters. The van der Waals surface area contributed by atoms with Crippen LogP contribution in [-0.2, 0) is 145 Å². The number of carbonyl (C=O) groups excluding carboxylic acids is 2. The molecule has 10 N–H and O–H groups in total.